The van der Waals surface area contributed by atoms with Gasteiger partial charge in [-0.15, -0.1) is 0 Å². The van der Waals surface area contributed by atoms with Crippen LogP contribution in [-0.4, -0.2) is 23.7 Å². The van der Waals surface area contributed by atoms with Crippen molar-refractivity contribution in [1.29, 1.82) is 0 Å². The van der Waals surface area contributed by atoms with Crippen LogP contribution in [-0.2, 0) is 9.53 Å². The Morgan fingerprint density at radius 2 is 1.81 bits per heavy atom. The molecule has 0 unspecified atom stereocenters. The number of carbonyl (C=O) groups is 1. The molecule has 1 aliphatic carbocycles. The maximum absolute atomic E-state index is 11.7. The Labute approximate surface area is 98.9 Å². The Bertz CT molecular complexity index is 227. The van der Waals surface area contributed by atoms with Crippen molar-refractivity contribution in [3.8, 4) is 0 Å². The molecule has 0 aromatic rings. The first-order chi connectivity index (χ1) is 7.38. The van der Waals surface area contributed by atoms with Gasteiger partial charge in [-0.3, -0.25) is 4.79 Å². The van der Waals surface area contributed by atoms with E-state index in [0.717, 1.165) is 0 Å². The monoisotopic (exact) mass is 227 g/mol. The molecule has 0 aliphatic heterocycles. The third-order valence-electron chi connectivity index (χ3n) is 2.85. The minimum Gasteiger partial charge on any atom is -0.459 e. The highest BCUT2D eigenvalue weighted by Gasteiger charge is 2.24. The summed E-state index contributed by atoms with van der Waals surface area (Å²) in [6, 6.07) is 0.304. The molecule has 1 saturated carbocycles. The molecule has 3 heteroatoms. The fourth-order valence-corrected chi connectivity index (χ4v) is 2.08. The Morgan fingerprint density at radius 1 is 1.25 bits per heavy atom. The van der Waals surface area contributed by atoms with Gasteiger partial charge in [-0.05, 0) is 40.5 Å². The van der Waals surface area contributed by atoms with Gasteiger partial charge in [-0.25, -0.2) is 0 Å². The molecule has 0 heterocycles. The van der Waals surface area contributed by atoms with Gasteiger partial charge in [-0.1, -0.05) is 19.3 Å². The van der Waals surface area contributed by atoms with E-state index >= 15 is 0 Å². The number of rotatable bonds is 3. The summed E-state index contributed by atoms with van der Waals surface area (Å²) in [5, 5.41) is 3.37. The summed E-state index contributed by atoms with van der Waals surface area (Å²) in [4.78, 5) is 11.7. The van der Waals surface area contributed by atoms with E-state index in [2.05, 4.69) is 5.32 Å². The molecule has 16 heavy (non-hydrogen) atoms. The number of ether oxygens (including phenoxy) is 1. The Morgan fingerprint density at radius 3 is 2.31 bits per heavy atom. The molecule has 0 spiro atoms. The number of esters is 1. The SMILES string of the molecule is C[C@@H](NC1CCCCC1)C(=O)OC(C)(C)C. The third kappa shape index (κ3) is 4.97. The van der Waals surface area contributed by atoms with E-state index < -0.39 is 0 Å². The number of nitrogens with one attached hydrogen (secondary N) is 1. The first-order valence-electron chi connectivity index (χ1n) is 6.37. The van der Waals surface area contributed by atoms with E-state index in [1.54, 1.807) is 0 Å². The van der Waals surface area contributed by atoms with Crippen LogP contribution in [0, 0.1) is 0 Å². The van der Waals surface area contributed by atoms with Gasteiger partial charge in [0.05, 0.1) is 0 Å². The number of hydrogen-bond acceptors (Lipinski definition) is 3. The average Bonchev–Trinajstić information content (AvgIpc) is 2.16. The van der Waals surface area contributed by atoms with E-state index in [-0.39, 0.29) is 17.6 Å². The molecule has 94 valence electrons. The summed E-state index contributed by atoms with van der Waals surface area (Å²) in [5.74, 6) is -0.141. The summed E-state index contributed by atoms with van der Waals surface area (Å²) in [5.41, 5.74) is -0.389. The largest absolute Gasteiger partial charge is 0.459 e. The van der Waals surface area contributed by atoms with Crippen molar-refractivity contribution in [2.24, 2.45) is 0 Å². The van der Waals surface area contributed by atoms with E-state index in [1.807, 2.05) is 27.7 Å². The quantitative estimate of drug-likeness (QED) is 0.753. The molecular formula is C13H25NO2. The topological polar surface area (TPSA) is 38.3 Å². The van der Waals surface area contributed by atoms with Crippen LogP contribution in [0.15, 0.2) is 0 Å². The normalized spacial score (nSPS) is 20.5. The minimum absolute atomic E-state index is 0.141. The lowest BCUT2D eigenvalue weighted by atomic mass is 9.95. The maximum atomic E-state index is 11.7. The van der Waals surface area contributed by atoms with Crippen LogP contribution in [0.25, 0.3) is 0 Å². The second kappa shape index (κ2) is 5.67. The minimum atomic E-state index is -0.389. The summed E-state index contributed by atoms with van der Waals surface area (Å²) in [7, 11) is 0. The lowest BCUT2D eigenvalue weighted by Crippen LogP contribution is -2.44. The molecule has 1 fully saturated rings. The van der Waals surface area contributed by atoms with E-state index in [4.69, 9.17) is 4.74 Å². The Hall–Kier alpha value is -0.570. The molecule has 3 nitrogen and oxygen atoms in total. The summed E-state index contributed by atoms with van der Waals surface area (Å²) < 4.78 is 5.34. The molecule has 0 saturated heterocycles. The van der Waals surface area contributed by atoms with Crippen molar-refractivity contribution in [3.63, 3.8) is 0 Å². The van der Waals surface area contributed by atoms with Gasteiger partial charge in [0.15, 0.2) is 0 Å². The zero-order chi connectivity index (χ0) is 12.2. The van der Waals surface area contributed by atoms with Crippen molar-refractivity contribution in [1.82, 2.24) is 5.32 Å². The van der Waals surface area contributed by atoms with Crippen molar-refractivity contribution in [3.05, 3.63) is 0 Å². The fraction of sp³-hybridized carbons (Fsp3) is 0.923. The second-order valence-corrected chi connectivity index (χ2v) is 5.76. The van der Waals surface area contributed by atoms with Crippen molar-refractivity contribution in [2.75, 3.05) is 0 Å². The molecule has 1 atom stereocenters. The maximum Gasteiger partial charge on any atom is 0.323 e. The number of carbonyl (C=O) groups excluding carboxylic acids is 1. The standard InChI is InChI=1S/C13H25NO2/c1-10(12(15)16-13(2,3)4)14-11-8-6-5-7-9-11/h10-11,14H,5-9H2,1-4H3/t10-/m1/s1. The van der Waals surface area contributed by atoms with Crippen molar-refractivity contribution in [2.45, 2.75) is 77.5 Å². The van der Waals surface area contributed by atoms with Crippen molar-refractivity contribution >= 4 is 5.97 Å². The molecule has 0 amide bonds. The van der Waals surface area contributed by atoms with Gasteiger partial charge in [-0.2, -0.15) is 0 Å². The Balaban J connectivity index is 2.33. The van der Waals surface area contributed by atoms with Gasteiger partial charge in [0.25, 0.3) is 0 Å². The highest BCUT2D eigenvalue weighted by Crippen LogP contribution is 2.18. The van der Waals surface area contributed by atoms with E-state index in [0.29, 0.717) is 6.04 Å². The average molecular weight is 227 g/mol. The summed E-state index contributed by atoms with van der Waals surface area (Å²) >= 11 is 0. The molecule has 1 aliphatic rings. The molecule has 1 rings (SSSR count). The molecule has 0 aromatic heterocycles. The lowest BCUT2D eigenvalue weighted by Gasteiger charge is -2.28. The van der Waals surface area contributed by atoms with E-state index in [1.165, 1.54) is 32.1 Å². The lowest BCUT2D eigenvalue weighted by molar-refractivity contribution is -0.157. The highest BCUT2D eigenvalue weighted by molar-refractivity contribution is 5.75. The smallest absolute Gasteiger partial charge is 0.323 e. The fourth-order valence-electron chi connectivity index (χ4n) is 2.08. The van der Waals surface area contributed by atoms with Crippen molar-refractivity contribution < 1.29 is 9.53 Å². The van der Waals surface area contributed by atoms with E-state index in [9.17, 15) is 4.79 Å². The first-order valence-corrected chi connectivity index (χ1v) is 6.37. The van der Waals surface area contributed by atoms with Gasteiger partial charge in [0, 0.05) is 6.04 Å². The highest BCUT2D eigenvalue weighted by atomic mass is 16.6. The van der Waals surface area contributed by atoms with Crippen LogP contribution < -0.4 is 5.32 Å². The predicted molar refractivity (Wildman–Crippen MR) is 65.3 cm³/mol. The van der Waals surface area contributed by atoms with Crippen LogP contribution in [0.5, 0.6) is 0 Å². The Kier molecular flexibility index (Phi) is 4.78. The first kappa shape index (κ1) is 13.5. The second-order valence-electron chi connectivity index (χ2n) is 5.76. The predicted octanol–water partition coefficient (Wildman–Crippen LogP) is 2.64. The van der Waals surface area contributed by atoms with Gasteiger partial charge < -0.3 is 10.1 Å². The molecular weight excluding hydrogens is 202 g/mol. The van der Waals surface area contributed by atoms with Crippen LogP contribution in [0.3, 0.4) is 0 Å². The van der Waals surface area contributed by atoms with Gasteiger partial charge >= 0.3 is 5.97 Å². The van der Waals surface area contributed by atoms with Crippen LogP contribution in [0.1, 0.15) is 59.8 Å². The van der Waals surface area contributed by atoms with Gasteiger partial charge in [0.1, 0.15) is 11.6 Å². The van der Waals surface area contributed by atoms with Crippen LogP contribution in [0.2, 0.25) is 0 Å². The third-order valence-corrected chi connectivity index (χ3v) is 2.85. The molecule has 1 N–H and O–H groups in total. The summed E-state index contributed by atoms with van der Waals surface area (Å²) in [6.45, 7) is 7.59. The zero-order valence-electron chi connectivity index (χ0n) is 11.0. The van der Waals surface area contributed by atoms with Gasteiger partial charge in [0.2, 0.25) is 0 Å². The summed E-state index contributed by atoms with van der Waals surface area (Å²) in [6.07, 6.45) is 6.26. The number of hydrogen-bond donors (Lipinski definition) is 1. The molecule has 0 bridgehead atoms. The van der Waals surface area contributed by atoms with Crippen LogP contribution >= 0.6 is 0 Å². The molecule has 0 radical (unpaired) electrons. The zero-order valence-corrected chi connectivity index (χ0v) is 11.0. The molecule has 0 aromatic carbocycles. The van der Waals surface area contributed by atoms with Crippen LogP contribution in [0.4, 0.5) is 0 Å².